The van der Waals surface area contributed by atoms with Gasteiger partial charge >= 0.3 is 5.97 Å². The first kappa shape index (κ1) is 20.2. The first-order valence-electron chi connectivity index (χ1n) is 8.59. The van der Waals surface area contributed by atoms with Gasteiger partial charge in [0.2, 0.25) is 0 Å². The lowest BCUT2D eigenvalue weighted by molar-refractivity contribution is -0.136. The van der Waals surface area contributed by atoms with Crippen LogP contribution in [0, 0.1) is 0 Å². The highest BCUT2D eigenvalue weighted by atomic mass is 16.4. The maximum absolute atomic E-state index is 12.5. The third-order valence-corrected chi connectivity index (χ3v) is 5.22. The summed E-state index contributed by atoms with van der Waals surface area (Å²) in [6, 6.07) is 3.47. The van der Waals surface area contributed by atoms with Crippen molar-refractivity contribution in [3.05, 3.63) is 28.8 Å². The van der Waals surface area contributed by atoms with E-state index in [2.05, 4.69) is 0 Å². The third-order valence-electron chi connectivity index (χ3n) is 5.22. The molecular formula is C20H30O4. The van der Waals surface area contributed by atoms with Gasteiger partial charge in [-0.1, -0.05) is 41.5 Å². The average molecular weight is 334 g/mol. The van der Waals surface area contributed by atoms with Crippen LogP contribution in [-0.4, -0.2) is 22.0 Å². The Morgan fingerprint density at radius 3 is 1.67 bits per heavy atom. The topological polar surface area (TPSA) is 74.6 Å². The summed E-state index contributed by atoms with van der Waals surface area (Å²) in [5.41, 5.74) is 1.45. The minimum atomic E-state index is -0.981. The van der Waals surface area contributed by atoms with Crippen molar-refractivity contribution in [1.82, 2.24) is 0 Å². The lowest BCUT2D eigenvalue weighted by atomic mass is 9.74. The molecule has 4 nitrogen and oxygen atoms in total. The average Bonchev–Trinajstić information content (AvgIpc) is 2.52. The van der Waals surface area contributed by atoms with Crippen LogP contribution in [0.2, 0.25) is 0 Å². The fourth-order valence-corrected chi connectivity index (χ4v) is 2.57. The SMILES string of the molecule is CCC(C)(C)c1cc(C(=O)CCC(=O)O)cc(C(C)(C)CC)c1O. The third kappa shape index (κ3) is 4.37. The van der Waals surface area contributed by atoms with Crippen molar-refractivity contribution in [3.63, 3.8) is 0 Å². The zero-order valence-corrected chi connectivity index (χ0v) is 15.7. The van der Waals surface area contributed by atoms with E-state index in [9.17, 15) is 14.7 Å². The van der Waals surface area contributed by atoms with Crippen LogP contribution < -0.4 is 0 Å². The van der Waals surface area contributed by atoms with Gasteiger partial charge in [0.05, 0.1) is 6.42 Å². The smallest absolute Gasteiger partial charge is 0.303 e. The van der Waals surface area contributed by atoms with Crippen molar-refractivity contribution in [2.45, 2.75) is 78.1 Å². The van der Waals surface area contributed by atoms with Crippen LogP contribution >= 0.6 is 0 Å². The Kier molecular flexibility index (Phi) is 6.20. The number of carboxylic acids is 1. The number of phenols is 1. The highest BCUT2D eigenvalue weighted by molar-refractivity contribution is 5.98. The Bertz CT molecular complexity index is 590. The minimum absolute atomic E-state index is 0.0297. The van der Waals surface area contributed by atoms with E-state index >= 15 is 0 Å². The van der Waals surface area contributed by atoms with Crippen molar-refractivity contribution in [3.8, 4) is 5.75 Å². The summed E-state index contributed by atoms with van der Waals surface area (Å²) in [5, 5.41) is 19.6. The van der Waals surface area contributed by atoms with E-state index in [1.807, 2.05) is 41.5 Å². The molecule has 0 radical (unpaired) electrons. The summed E-state index contributed by atoms with van der Waals surface area (Å²) in [5.74, 6) is -0.924. The number of benzene rings is 1. The second kappa shape index (κ2) is 7.37. The van der Waals surface area contributed by atoms with Gasteiger partial charge in [-0.25, -0.2) is 0 Å². The van der Waals surface area contributed by atoms with Crippen molar-refractivity contribution in [2.24, 2.45) is 0 Å². The molecule has 0 heterocycles. The standard InChI is InChI=1S/C20H30O4/c1-7-19(3,4)14-11-13(16(21)9-10-17(22)23)12-15(18(14)24)20(5,6)8-2/h11-12,24H,7-10H2,1-6H3,(H,22,23). The fraction of sp³-hybridized carbons (Fsp3) is 0.600. The molecule has 0 aliphatic heterocycles. The summed E-state index contributed by atoms with van der Waals surface area (Å²) in [4.78, 5) is 23.2. The molecule has 0 saturated carbocycles. The van der Waals surface area contributed by atoms with Crippen LogP contribution in [0.25, 0.3) is 0 Å². The maximum Gasteiger partial charge on any atom is 0.303 e. The van der Waals surface area contributed by atoms with Gasteiger partial charge < -0.3 is 10.2 Å². The molecule has 0 unspecified atom stereocenters. The lowest BCUT2D eigenvalue weighted by Gasteiger charge is -2.31. The molecule has 0 amide bonds. The number of aliphatic carboxylic acids is 1. The number of aromatic hydroxyl groups is 1. The van der Waals surface area contributed by atoms with E-state index < -0.39 is 5.97 Å². The number of carbonyl (C=O) groups is 2. The van der Waals surface area contributed by atoms with E-state index in [0.717, 1.165) is 24.0 Å². The fourth-order valence-electron chi connectivity index (χ4n) is 2.57. The molecule has 0 aliphatic rings. The van der Waals surface area contributed by atoms with E-state index in [4.69, 9.17) is 5.11 Å². The van der Waals surface area contributed by atoms with Crippen molar-refractivity contribution >= 4 is 11.8 Å². The van der Waals surface area contributed by atoms with Crippen molar-refractivity contribution in [1.29, 1.82) is 0 Å². The van der Waals surface area contributed by atoms with Crippen molar-refractivity contribution < 1.29 is 19.8 Å². The molecule has 24 heavy (non-hydrogen) atoms. The monoisotopic (exact) mass is 334 g/mol. The Morgan fingerprint density at radius 1 is 0.917 bits per heavy atom. The minimum Gasteiger partial charge on any atom is -0.507 e. The number of carbonyl (C=O) groups excluding carboxylic acids is 1. The van der Waals surface area contributed by atoms with Crippen LogP contribution in [0.15, 0.2) is 12.1 Å². The summed E-state index contributed by atoms with van der Waals surface area (Å²) < 4.78 is 0. The summed E-state index contributed by atoms with van der Waals surface area (Å²) >= 11 is 0. The molecule has 4 heteroatoms. The molecule has 0 spiro atoms. The first-order chi connectivity index (χ1) is 11.0. The Morgan fingerprint density at radius 2 is 1.33 bits per heavy atom. The molecular weight excluding hydrogens is 304 g/mol. The van der Waals surface area contributed by atoms with Crippen molar-refractivity contribution in [2.75, 3.05) is 0 Å². The molecule has 0 aromatic heterocycles. The molecule has 2 N–H and O–H groups in total. The normalized spacial score (nSPS) is 12.2. The molecule has 1 rings (SSSR count). The first-order valence-corrected chi connectivity index (χ1v) is 8.59. The van der Waals surface area contributed by atoms with Gasteiger partial charge in [-0.2, -0.15) is 0 Å². The molecule has 0 aliphatic carbocycles. The number of rotatable bonds is 8. The number of ketones is 1. The molecule has 1 aromatic carbocycles. The van der Waals surface area contributed by atoms with Gasteiger partial charge in [-0.05, 0) is 35.8 Å². The van der Waals surface area contributed by atoms with Gasteiger partial charge in [0.1, 0.15) is 5.75 Å². The predicted octanol–water partition coefficient (Wildman–Crippen LogP) is 4.81. The number of phenolic OH excluding ortho intramolecular Hbond substituents is 1. The predicted molar refractivity (Wildman–Crippen MR) is 95.9 cm³/mol. The van der Waals surface area contributed by atoms with Crippen LogP contribution in [-0.2, 0) is 15.6 Å². The summed E-state index contributed by atoms with van der Waals surface area (Å²) in [6.45, 7) is 12.2. The summed E-state index contributed by atoms with van der Waals surface area (Å²) in [6.07, 6.45) is 1.43. The van der Waals surface area contributed by atoms with Crippen LogP contribution in [0.5, 0.6) is 5.75 Å². The Labute approximate surface area is 144 Å². The van der Waals surface area contributed by atoms with Gasteiger partial charge in [-0.3, -0.25) is 9.59 Å². The zero-order chi connectivity index (χ0) is 18.7. The van der Waals surface area contributed by atoms with Gasteiger partial charge in [0, 0.05) is 23.1 Å². The number of hydrogen-bond acceptors (Lipinski definition) is 3. The van der Waals surface area contributed by atoms with Gasteiger partial charge in [0.15, 0.2) is 5.78 Å². The molecule has 0 atom stereocenters. The molecule has 0 bridgehead atoms. The van der Waals surface area contributed by atoms with Crippen LogP contribution in [0.1, 0.15) is 88.7 Å². The van der Waals surface area contributed by atoms with E-state index in [1.165, 1.54) is 0 Å². The van der Waals surface area contributed by atoms with E-state index in [0.29, 0.717) is 5.56 Å². The second-order valence-electron chi connectivity index (χ2n) is 7.71. The number of hydrogen-bond donors (Lipinski definition) is 2. The van der Waals surface area contributed by atoms with E-state index in [1.54, 1.807) is 12.1 Å². The zero-order valence-electron chi connectivity index (χ0n) is 15.7. The highest BCUT2D eigenvalue weighted by Gasteiger charge is 2.30. The Balaban J connectivity index is 3.51. The number of Topliss-reactive ketones (excluding diaryl/α,β-unsaturated/α-hetero) is 1. The highest BCUT2D eigenvalue weighted by Crippen LogP contribution is 2.42. The molecule has 134 valence electrons. The molecule has 0 fully saturated rings. The molecule has 0 saturated heterocycles. The quantitative estimate of drug-likeness (QED) is 0.669. The lowest BCUT2D eigenvalue weighted by Crippen LogP contribution is -2.22. The van der Waals surface area contributed by atoms with Gasteiger partial charge in [-0.15, -0.1) is 0 Å². The van der Waals surface area contributed by atoms with Gasteiger partial charge in [0.25, 0.3) is 0 Å². The Hall–Kier alpha value is -1.84. The summed E-state index contributed by atoms with van der Waals surface area (Å²) in [7, 11) is 0. The molecule has 1 aromatic rings. The second-order valence-corrected chi connectivity index (χ2v) is 7.71. The van der Waals surface area contributed by atoms with Crippen LogP contribution in [0.4, 0.5) is 0 Å². The van der Waals surface area contributed by atoms with E-state index in [-0.39, 0.29) is 35.2 Å². The largest absolute Gasteiger partial charge is 0.507 e. The van der Waals surface area contributed by atoms with Crippen LogP contribution in [0.3, 0.4) is 0 Å². The number of carboxylic acid groups (broad SMARTS) is 1. The maximum atomic E-state index is 12.5.